The Morgan fingerprint density at radius 2 is 1.89 bits per heavy atom. The van der Waals surface area contributed by atoms with Gasteiger partial charge in [-0.2, -0.15) is 0 Å². The molecule has 3 aliphatic rings. The first-order valence-electron chi connectivity index (χ1n) is 14.3. The number of carbonyl (C=O) groups is 3. The molecule has 2 fully saturated rings. The van der Waals surface area contributed by atoms with Crippen LogP contribution >= 0.6 is 0 Å². The fraction of sp³-hybridized carbons (Fsp3) is 0.710. The van der Waals surface area contributed by atoms with E-state index in [9.17, 15) is 14.4 Å². The molecule has 0 saturated heterocycles. The highest BCUT2D eigenvalue weighted by molar-refractivity contribution is 5.87. The molecule has 0 aromatic heterocycles. The maximum atomic E-state index is 13.0. The lowest BCUT2D eigenvalue weighted by molar-refractivity contribution is -0.145. The SMILES string of the molecule is CC(=O)OC(C)CCNC(=O)CCCCCC[C@H]1C[C@]2(C)C(=O)CC[C@H]2[C@@H]2CCc3ccccc3[C@@H]12. The Balaban J connectivity index is 1.24. The summed E-state index contributed by atoms with van der Waals surface area (Å²) in [5.74, 6) is 2.73. The lowest BCUT2D eigenvalue weighted by atomic mass is 9.51. The minimum absolute atomic E-state index is 0.0812. The van der Waals surface area contributed by atoms with E-state index in [0.717, 1.165) is 44.9 Å². The molecule has 0 radical (unpaired) electrons. The minimum atomic E-state index is -0.283. The molecule has 198 valence electrons. The van der Waals surface area contributed by atoms with Crippen molar-refractivity contribution >= 4 is 17.7 Å². The standard InChI is InChI=1S/C31H45NO4/c1-21(36-22(2)33)18-19-32-29(35)13-7-5-4-6-11-24-20-31(3)27(16-17-28(31)34)26-15-14-23-10-8-9-12-25(23)30(24)26/h8-10,12,21,24,26-27,30H,4-7,11,13-20H2,1-3H3,(H,32,35)/t21?,24-,26-,27-,30+,31-/m0/s1. The summed E-state index contributed by atoms with van der Waals surface area (Å²) in [6, 6.07) is 9.06. The predicted molar refractivity (Wildman–Crippen MR) is 141 cm³/mol. The highest BCUT2D eigenvalue weighted by Crippen LogP contribution is 2.62. The van der Waals surface area contributed by atoms with Gasteiger partial charge in [0.1, 0.15) is 11.9 Å². The van der Waals surface area contributed by atoms with Crippen LogP contribution in [0, 0.1) is 23.2 Å². The highest BCUT2D eigenvalue weighted by atomic mass is 16.5. The summed E-state index contributed by atoms with van der Waals surface area (Å²) in [6.07, 6.45) is 11.8. The average molecular weight is 496 g/mol. The van der Waals surface area contributed by atoms with Gasteiger partial charge in [0.25, 0.3) is 0 Å². The Kier molecular flexibility index (Phi) is 8.90. The van der Waals surface area contributed by atoms with Crippen LogP contribution in [0.1, 0.15) is 108 Å². The van der Waals surface area contributed by atoms with E-state index in [1.165, 1.54) is 31.7 Å². The van der Waals surface area contributed by atoms with Crippen molar-refractivity contribution < 1.29 is 19.1 Å². The van der Waals surface area contributed by atoms with E-state index in [4.69, 9.17) is 4.74 Å². The Hall–Kier alpha value is -2.17. The van der Waals surface area contributed by atoms with Crippen LogP contribution in [0.4, 0.5) is 0 Å². The molecule has 1 amide bonds. The van der Waals surface area contributed by atoms with Gasteiger partial charge in [-0.05, 0) is 80.2 Å². The van der Waals surface area contributed by atoms with Gasteiger partial charge in [-0.3, -0.25) is 14.4 Å². The van der Waals surface area contributed by atoms with E-state index in [1.807, 2.05) is 6.92 Å². The molecule has 0 bridgehead atoms. The third-order valence-electron chi connectivity index (χ3n) is 9.44. The molecule has 0 aliphatic heterocycles. The number of nitrogens with one attached hydrogen (secondary N) is 1. The number of benzene rings is 1. The van der Waals surface area contributed by atoms with Gasteiger partial charge in [0.05, 0.1) is 0 Å². The maximum absolute atomic E-state index is 13.0. The average Bonchev–Trinajstić information content (AvgIpc) is 3.14. The third-order valence-corrected chi connectivity index (χ3v) is 9.44. The van der Waals surface area contributed by atoms with Crippen molar-refractivity contribution in [2.45, 2.75) is 110 Å². The van der Waals surface area contributed by atoms with Crippen LogP contribution in [0.2, 0.25) is 0 Å². The molecule has 6 atom stereocenters. The van der Waals surface area contributed by atoms with Crippen LogP contribution < -0.4 is 5.32 Å². The van der Waals surface area contributed by atoms with Crippen LogP contribution in [0.5, 0.6) is 0 Å². The first-order chi connectivity index (χ1) is 17.3. The zero-order valence-electron chi connectivity index (χ0n) is 22.5. The van der Waals surface area contributed by atoms with E-state index in [0.29, 0.717) is 48.8 Å². The van der Waals surface area contributed by atoms with Gasteiger partial charge in [-0.15, -0.1) is 0 Å². The number of carbonyl (C=O) groups excluding carboxylic acids is 3. The molecule has 1 unspecified atom stereocenters. The molecule has 5 nitrogen and oxygen atoms in total. The zero-order chi connectivity index (χ0) is 25.7. The van der Waals surface area contributed by atoms with Gasteiger partial charge >= 0.3 is 5.97 Å². The van der Waals surface area contributed by atoms with Crippen LogP contribution in [-0.2, 0) is 25.5 Å². The van der Waals surface area contributed by atoms with Crippen molar-refractivity contribution in [1.82, 2.24) is 5.32 Å². The molecular formula is C31H45NO4. The fourth-order valence-corrected chi connectivity index (χ4v) is 7.77. The van der Waals surface area contributed by atoms with Crippen LogP contribution in [0.15, 0.2) is 24.3 Å². The van der Waals surface area contributed by atoms with Gasteiger partial charge < -0.3 is 10.1 Å². The summed E-state index contributed by atoms with van der Waals surface area (Å²) >= 11 is 0. The number of fused-ring (bicyclic) bond motifs is 5. The summed E-state index contributed by atoms with van der Waals surface area (Å²) < 4.78 is 5.09. The van der Waals surface area contributed by atoms with E-state index in [-0.39, 0.29) is 23.4 Å². The quantitative estimate of drug-likeness (QED) is 0.296. The zero-order valence-corrected chi connectivity index (χ0v) is 22.5. The molecule has 3 aliphatic carbocycles. The summed E-state index contributed by atoms with van der Waals surface area (Å²) in [7, 11) is 0. The highest BCUT2D eigenvalue weighted by Gasteiger charge is 2.57. The van der Waals surface area contributed by atoms with Gasteiger partial charge in [0.15, 0.2) is 0 Å². The molecule has 5 heteroatoms. The Morgan fingerprint density at radius 1 is 1.11 bits per heavy atom. The van der Waals surface area contributed by atoms with Crippen molar-refractivity contribution in [2.24, 2.45) is 23.2 Å². The molecule has 36 heavy (non-hydrogen) atoms. The molecule has 1 N–H and O–H groups in total. The molecule has 2 saturated carbocycles. The summed E-state index contributed by atoms with van der Waals surface area (Å²) in [5.41, 5.74) is 2.99. The maximum Gasteiger partial charge on any atom is 0.302 e. The minimum Gasteiger partial charge on any atom is -0.463 e. The number of aryl methyl sites for hydroxylation is 1. The Morgan fingerprint density at radius 3 is 2.69 bits per heavy atom. The predicted octanol–water partition coefficient (Wildman–Crippen LogP) is 6.14. The van der Waals surface area contributed by atoms with E-state index >= 15 is 0 Å². The normalized spacial score (nSPS) is 29.6. The van der Waals surface area contributed by atoms with Crippen molar-refractivity contribution in [1.29, 1.82) is 0 Å². The Bertz CT molecular complexity index is 942. The smallest absolute Gasteiger partial charge is 0.302 e. The largest absolute Gasteiger partial charge is 0.463 e. The number of ketones is 1. The molecule has 0 heterocycles. The topological polar surface area (TPSA) is 72.5 Å². The van der Waals surface area contributed by atoms with E-state index < -0.39 is 0 Å². The van der Waals surface area contributed by atoms with Crippen molar-refractivity contribution in [3.63, 3.8) is 0 Å². The lowest BCUT2D eigenvalue weighted by Gasteiger charge is -2.52. The van der Waals surface area contributed by atoms with Crippen molar-refractivity contribution in [3.8, 4) is 0 Å². The number of ether oxygens (including phenoxy) is 1. The molecule has 4 rings (SSSR count). The Labute approximate surface area is 217 Å². The fourth-order valence-electron chi connectivity index (χ4n) is 7.77. The third kappa shape index (κ3) is 6.03. The molecule has 0 spiro atoms. The number of rotatable bonds is 11. The number of amides is 1. The lowest BCUT2D eigenvalue weighted by Crippen LogP contribution is -2.46. The number of hydrogen-bond acceptors (Lipinski definition) is 4. The second kappa shape index (κ2) is 11.9. The number of esters is 1. The van der Waals surface area contributed by atoms with Crippen molar-refractivity contribution in [3.05, 3.63) is 35.4 Å². The van der Waals surface area contributed by atoms with Gasteiger partial charge in [-0.1, -0.05) is 50.5 Å². The summed E-state index contributed by atoms with van der Waals surface area (Å²) in [5, 5.41) is 2.94. The van der Waals surface area contributed by atoms with E-state index in [2.05, 4.69) is 36.5 Å². The number of unbranched alkanes of at least 4 members (excludes halogenated alkanes) is 3. The van der Waals surface area contributed by atoms with Crippen molar-refractivity contribution in [2.75, 3.05) is 6.54 Å². The molecular weight excluding hydrogens is 450 g/mol. The molecule has 1 aromatic carbocycles. The summed E-state index contributed by atoms with van der Waals surface area (Å²) in [4.78, 5) is 36.1. The van der Waals surface area contributed by atoms with Crippen LogP contribution in [0.25, 0.3) is 0 Å². The number of Topliss-reactive ketones (excluding diaryl/α,β-unsaturated/α-hetero) is 1. The monoisotopic (exact) mass is 495 g/mol. The first kappa shape index (κ1) is 26.9. The second-order valence-corrected chi connectivity index (χ2v) is 11.9. The summed E-state index contributed by atoms with van der Waals surface area (Å²) in [6.45, 7) is 6.07. The molecule has 1 aromatic rings. The van der Waals surface area contributed by atoms with Crippen LogP contribution in [0.3, 0.4) is 0 Å². The van der Waals surface area contributed by atoms with E-state index in [1.54, 1.807) is 5.56 Å². The first-order valence-corrected chi connectivity index (χ1v) is 14.3. The van der Waals surface area contributed by atoms with Gasteiger partial charge in [-0.25, -0.2) is 0 Å². The second-order valence-electron chi connectivity index (χ2n) is 11.9. The van der Waals surface area contributed by atoms with Gasteiger partial charge in [0.2, 0.25) is 5.91 Å². The van der Waals surface area contributed by atoms with Crippen LogP contribution in [-0.4, -0.2) is 30.3 Å². The van der Waals surface area contributed by atoms with Gasteiger partial charge in [0, 0.05) is 38.1 Å². The number of hydrogen-bond donors (Lipinski definition) is 1.